The van der Waals surface area contributed by atoms with Gasteiger partial charge in [0, 0.05) is 11.9 Å². The Hall–Kier alpha value is -2.27. The Labute approximate surface area is 97.9 Å². The van der Waals surface area contributed by atoms with E-state index in [1.807, 2.05) is 42.6 Å². The largest absolute Gasteiger partial charge is 0.325 e. The van der Waals surface area contributed by atoms with Crippen molar-refractivity contribution in [2.75, 3.05) is 0 Å². The molecule has 2 heterocycles. The van der Waals surface area contributed by atoms with Crippen molar-refractivity contribution in [3.05, 3.63) is 48.3 Å². The van der Waals surface area contributed by atoms with Gasteiger partial charge in [-0.05, 0) is 18.2 Å². The molecule has 0 unspecified atom stereocenters. The third-order valence-electron chi connectivity index (χ3n) is 2.61. The highest BCUT2D eigenvalue weighted by atomic mass is 15.3. The molecule has 0 spiro atoms. The molecule has 5 nitrogen and oxygen atoms in total. The molecule has 0 saturated carbocycles. The molecule has 3 rings (SSSR count). The van der Waals surface area contributed by atoms with Gasteiger partial charge in [-0.1, -0.05) is 18.2 Å². The monoisotopic (exact) mass is 225 g/mol. The zero-order valence-electron chi connectivity index (χ0n) is 9.11. The van der Waals surface area contributed by atoms with Crippen molar-refractivity contribution in [3.63, 3.8) is 0 Å². The highest BCUT2D eigenvalue weighted by molar-refractivity contribution is 5.79. The second-order valence-electron chi connectivity index (χ2n) is 3.70. The summed E-state index contributed by atoms with van der Waals surface area (Å²) in [7, 11) is 0. The normalized spacial score (nSPS) is 10.9. The van der Waals surface area contributed by atoms with Crippen LogP contribution in [0.25, 0.3) is 16.7 Å². The lowest BCUT2D eigenvalue weighted by Crippen LogP contribution is -2.05. The van der Waals surface area contributed by atoms with E-state index < -0.39 is 0 Å². The highest BCUT2D eigenvalue weighted by Gasteiger charge is 2.05. The van der Waals surface area contributed by atoms with Gasteiger partial charge < -0.3 is 5.73 Å². The maximum atomic E-state index is 5.48. The molecule has 2 aromatic heterocycles. The molecule has 17 heavy (non-hydrogen) atoms. The average molecular weight is 225 g/mol. The minimum atomic E-state index is 0.396. The molecule has 2 N–H and O–H groups in total. The van der Waals surface area contributed by atoms with E-state index in [4.69, 9.17) is 5.73 Å². The van der Waals surface area contributed by atoms with Crippen molar-refractivity contribution >= 4 is 10.9 Å². The van der Waals surface area contributed by atoms with Crippen LogP contribution in [0, 0.1) is 0 Å². The number of fused-ring (bicyclic) bond motifs is 1. The predicted octanol–water partition coefficient (Wildman–Crippen LogP) is 1.27. The molecule has 0 fully saturated rings. The third-order valence-corrected chi connectivity index (χ3v) is 2.61. The lowest BCUT2D eigenvalue weighted by atomic mass is 10.2. The topological polar surface area (TPSA) is 69.6 Å². The van der Waals surface area contributed by atoms with E-state index in [0.717, 1.165) is 16.6 Å². The summed E-state index contributed by atoms with van der Waals surface area (Å²) in [4.78, 5) is 0. The molecule has 0 radical (unpaired) electrons. The summed E-state index contributed by atoms with van der Waals surface area (Å²) < 4.78 is 1.77. The van der Waals surface area contributed by atoms with E-state index in [0.29, 0.717) is 12.4 Å². The first kappa shape index (κ1) is 9.92. The van der Waals surface area contributed by atoms with Gasteiger partial charge in [-0.2, -0.15) is 10.2 Å². The lowest BCUT2D eigenvalue weighted by molar-refractivity contribution is 0.809. The van der Waals surface area contributed by atoms with Crippen LogP contribution < -0.4 is 5.73 Å². The quantitative estimate of drug-likeness (QED) is 0.713. The molecule has 0 aliphatic carbocycles. The van der Waals surface area contributed by atoms with E-state index in [2.05, 4.69) is 15.3 Å². The molecule has 0 atom stereocenters. The first-order valence-electron chi connectivity index (χ1n) is 5.34. The summed E-state index contributed by atoms with van der Waals surface area (Å²) in [6, 6.07) is 11.7. The average Bonchev–Trinajstić information content (AvgIpc) is 2.83. The Morgan fingerprint density at radius 2 is 1.94 bits per heavy atom. The van der Waals surface area contributed by atoms with Gasteiger partial charge in [0.05, 0.1) is 17.4 Å². The zero-order chi connectivity index (χ0) is 11.7. The van der Waals surface area contributed by atoms with Gasteiger partial charge in [0.15, 0.2) is 5.82 Å². The van der Waals surface area contributed by atoms with Gasteiger partial charge in [-0.15, -0.1) is 5.10 Å². The number of benzene rings is 1. The van der Waals surface area contributed by atoms with E-state index >= 15 is 0 Å². The molecular formula is C12H11N5. The molecule has 1 aromatic carbocycles. The van der Waals surface area contributed by atoms with Gasteiger partial charge in [-0.25, -0.2) is 4.68 Å². The number of rotatable bonds is 2. The number of hydrogen-bond acceptors (Lipinski definition) is 4. The molecule has 0 amide bonds. The molecule has 84 valence electrons. The van der Waals surface area contributed by atoms with Gasteiger partial charge in [0.1, 0.15) is 0 Å². The van der Waals surface area contributed by atoms with Crippen molar-refractivity contribution in [3.8, 4) is 5.82 Å². The smallest absolute Gasteiger partial charge is 0.176 e. The minimum absolute atomic E-state index is 0.396. The van der Waals surface area contributed by atoms with E-state index in [-0.39, 0.29) is 0 Å². The van der Waals surface area contributed by atoms with Gasteiger partial charge in [-0.3, -0.25) is 0 Å². The van der Waals surface area contributed by atoms with Gasteiger partial charge >= 0.3 is 0 Å². The fourth-order valence-electron chi connectivity index (χ4n) is 1.73. The third kappa shape index (κ3) is 1.66. The number of hydrogen-bond donors (Lipinski definition) is 1. The molecule has 0 saturated heterocycles. The first-order valence-corrected chi connectivity index (χ1v) is 5.34. The van der Waals surface area contributed by atoms with Crippen LogP contribution in [0.2, 0.25) is 0 Å². The van der Waals surface area contributed by atoms with Crippen molar-refractivity contribution < 1.29 is 0 Å². The van der Waals surface area contributed by atoms with Crippen LogP contribution >= 0.6 is 0 Å². The van der Waals surface area contributed by atoms with Crippen LogP contribution in [0.1, 0.15) is 5.69 Å². The van der Waals surface area contributed by atoms with Crippen molar-refractivity contribution in [2.45, 2.75) is 6.54 Å². The Morgan fingerprint density at radius 1 is 1.06 bits per heavy atom. The first-order chi connectivity index (χ1) is 8.38. The predicted molar refractivity (Wildman–Crippen MR) is 64.6 cm³/mol. The minimum Gasteiger partial charge on any atom is -0.325 e. The second-order valence-corrected chi connectivity index (χ2v) is 3.70. The highest BCUT2D eigenvalue weighted by Crippen LogP contribution is 2.15. The summed E-state index contributed by atoms with van der Waals surface area (Å²) in [6.45, 7) is 0.396. The number of nitrogens with two attached hydrogens (primary N) is 1. The zero-order valence-corrected chi connectivity index (χ0v) is 9.11. The molecule has 5 heteroatoms. The number of para-hydroxylation sites is 1. The summed E-state index contributed by atoms with van der Waals surface area (Å²) >= 11 is 0. The van der Waals surface area contributed by atoms with E-state index in [1.54, 1.807) is 4.68 Å². The van der Waals surface area contributed by atoms with Gasteiger partial charge in [0.2, 0.25) is 0 Å². The summed E-state index contributed by atoms with van der Waals surface area (Å²) in [5.74, 6) is 0.698. The van der Waals surface area contributed by atoms with Crippen LogP contribution in [0.15, 0.2) is 42.6 Å². The molecule has 3 aromatic rings. The Bertz CT molecular complexity index is 641. The summed E-state index contributed by atoms with van der Waals surface area (Å²) in [5, 5.41) is 13.5. The van der Waals surface area contributed by atoms with Gasteiger partial charge in [0.25, 0.3) is 0 Å². The van der Waals surface area contributed by atoms with Crippen molar-refractivity contribution in [1.82, 2.24) is 20.0 Å². The number of aromatic nitrogens is 4. The Kier molecular flexibility index (Phi) is 2.31. The van der Waals surface area contributed by atoms with Crippen LogP contribution in [0.4, 0.5) is 0 Å². The van der Waals surface area contributed by atoms with Crippen LogP contribution in [0.5, 0.6) is 0 Å². The fraction of sp³-hybridized carbons (Fsp3) is 0.0833. The standard InChI is InChI=1S/C12H11N5/c13-7-10-5-6-12(16-15-10)17-11-4-2-1-3-9(11)8-14-17/h1-6,8H,7,13H2. The van der Waals surface area contributed by atoms with Crippen LogP contribution in [-0.2, 0) is 6.54 Å². The van der Waals surface area contributed by atoms with E-state index in [9.17, 15) is 0 Å². The lowest BCUT2D eigenvalue weighted by Gasteiger charge is -2.02. The molecule has 0 aliphatic rings. The summed E-state index contributed by atoms with van der Waals surface area (Å²) in [5.41, 5.74) is 7.27. The Balaban J connectivity index is 2.13. The molecule has 0 bridgehead atoms. The van der Waals surface area contributed by atoms with Crippen molar-refractivity contribution in [1.29, 1.82) is 0 Å². The Morgan fingerprint density at radius 3 is 2.71 bits per heavy atom. The van der Waals surface area contributed by atoms with E-state index in [1.165, 1.54) is 0 Å². The maximum Gasteiger partial charge on any atom is 0.176 e. The number of nitrogens with zero attached hydrogens (tertiary/aromatic N) is 4. The SMILES string of the molecule is NCc1ccc(-n2ncc3ccccc32)nn1. The molecule has 0 aliphatic heterocycles. The van der Waals surface area contributed by atoms with Crippen LogP contribution in [0.3, 0.4) is 0 Å². The van der Waals surface area contributed by atoms with Crippen LogP contribution in [-0.4, -0.2) is 20.0 Å². The fourth-order valence-corrected chi connectivity index (χ4v) is 1.73. The summed E-state index contributed by atoms with van der Waals surface area (Å²) in [6.07, 6.45) is 1.81. The maximum absolute atomic E-state index is 5.48. The molecular weight excluding hydrogens is 214 g/mol. The second kappa shape index (κ2) is 3.95. The van der Waals surface area contributed by atoms with Crippen molar-refractivity contribution in [2.24, 2.45) is 5.73 Å².